The summed E-state index contributed by atoms with van der Waals surface area (Å²) in [7, 11) is 3.97. The number of hydrogen-bond donors (Lipinski definition) is 2. The molecule has 0 radical (unpaired) electrons. The van der Waals surface area contributed by atoms with Crippen LogP contribution in [0.4, 0.5) is 5.69 Å². The van der Waals surface area contributed by atoms with E-state index in [9.17, 15) is 4.79 Å². The maximum atomic E-state index is 11.5. The molecule has 0 saturated heterocycles. The van der Waals surface area contributed by atoms with Crippen LogP contribution in [0.25, 0.3) is 0 Å². The van der Waals surface area contributed by atoms with Crippen molar-refractivity contribution in [1.29, 1.82) is 0 Å². The highest BCUT2D eigenvalue weighted by Crippen LogP contribution is 2.13. The lowest BCUT2D eigenvalue weighted by Crippen LogP contribution is -2.32. The van der Waals surface area contributed by atoms with Gasteiger partial charge in [0.1, 0.15) is 5.75 Å². The van der Waals surface area contributed by atoms with Gasteiger partial charge in [-0.1, -0.05) is 6.07 Å². The Labute approximate surface area is 119 Å². The second-order valence-corrected chi connectivity index (χ2v) is 4.63. The molecule has 0 aliphatic rings. The van der Waals surface area contributed by atoms with Gasteiger partial charge in [0.05, 0.1) is 13.2 Å². The monoisotopic (exact) mass is 281 g/mol. The zero-order valence-electron chi connectivity index (χ0n) is 12.1. The van der Waals surface area contributed by atoms with E-state index in [1.807, 2.05) is 19.0 Å². The molecular weight excluding hydrogens is 258 g/mol. The van der Waals surface area contributed by atoms with E-state index in [4.69, 9.17) is 15.2 Å². The van der Waals surface area contributed by atoms with Crippen molar-refractivity contribution < 1.29 is 14.3 Å². The third-order valence-electron chi connectivity index (χ3n) is 2.48. The maximum Gasteiger partial charge on any atom is 0.258 e. The zero-order valence-corrected chi connectivity index (χ0v) is 12.1. The summed E-state index contributed by atoms with van der Waals surface area (Å²) in [6, 6.07) is 6.98. The van der Waals surface area contributed by atoms with Crippen molar-refractivity contribution >= 4 is 11.6 Å². The van der Waals surface area contributed by atoms with Crippen LogP contribution < -0.4 is 15.8 Å². The van der Waals surface area contributed by atoms with Gasteiger partial charge in [-0.05, 0) is 26.2 Å². The van der Waals surface area contributed by atoms with E-state index >= 15 is 0 Å². The minimum Gasteiger partial charge on any atom is -0.484 e. The molecule has 0 spiro atoms. The highest BCUT2D eigenvalue weighted by molar-refractivity contribution is 5.77. The normalized spacial score (nSPS) is 10.6. The van der Waals surface area contributed by atoms with E-state index in [-0.39, 0.29) is 12.5 Å². The number of amides is 1. The fourth-order valence-electron chi connectivity index (χ4n) is 1.42. The van der Waals surface area contributed by atoms with Crippen molar-refractivity contribution in [1.82, 2.24) is 10.2 Å². The van der Waals surface area contributed by atoms with Gasteiger partial charge in [0.15, 0.2) is 6.61 Å². The highest BCUT2D eigenvalue weighted by atomic mass is 16.5. The Balaban J connectivity index is 2.06. The lowest BCUT2D eigenvalue weighted by Gasteiger charge is -2.10. The number of nitrogens with two attached hydrogens (primary N) is 1. The molecule has 0 heterocycles. The molecule has 3 N–H and O–H groups in total. The third kappa shape index (κ3) is 7.60. The van der Waals surface area contributed by atoms with Crippen molar-refractivity contribution in [3.8, 4) is 5.75 Å². The number of nitrogens with zero attached hydrogens (tertiary/aromatic N) is 1. The third-order valence-corrected chi connectivity index (χ3v) is 2.48. The molecule has 1 rings (SSSR count). The van der Waals surface area contributed by atoms with Gasteiger partial charge in [-0.2, -0.15) is 0 Å². The van der Waals surface area contributed by atoms with Crippen LogP contribution in [0.15, 0.2) is 24.3 Å². The molecule has 0 aliphatic carbocycles. The number of ether oxygens (including phenoxy) is 2. The number of hydrogen-bond acceptors (Lipinski definition) is 5. The standard InChI is InChI=1S/C14H23N3O3/c1-17(2)7-9-19-8-6-16-14(18)11-20-13-5-3-4-12(15)10-13/h3-5,10H,6-9,11,15H2,1-2H3,(H,16,18). The number of benzene rings is 1. The Hall–Kier alpha value is -1.79. The maximum absolute atomic E-state index is 11.5. The number of anilines is 1. The molecule has 0 aromatic heterocycles. The van der Waals surface area contributed by atoms with Crippen molar-refractivity contribution in [2.24, 2.45) is 0 Å². The Kier molecular flexibility index (Phi) is 7.46. The van der Waals surface area contributed by atoms with Gasteiger partial charge >= 0.3 is 0 Å². The van der Waals surface area contributed by atoms with Crippen LogP contribution in [-0.2, 0) is 9.53 Å². The van der Waals surface area contributed by atoms with Crippen LogP contribution in [0.2, 0.25) is 0 Å². The van der Waals surface area contributed by atoms with Crippen LogP contribution in [0.1, 0.15) is 0 Å². The number of likely N-dealkylation sites (N-methyl/N-ethyl adjacent to an activating group) is 1. The first-order valence-corrected chi connectivity index (χ1v) is 6.55. The number of carbonyl (C=O) groups is 1. The predicted octanol–water partition coefficient (Wildman–Crippen LogP) is 0.342. The van der Waals surface area contributed by atoms with E-state index < -0.39 is 0 Å². The Bertz CT molecular complexity index is 410. The SMILES string of the molecule is CN(C)CCOCCNC(=O)COc1cccc(N)c1. The smallest absolute Gasteiger partial charge is 0.258 e. The van der Waals surface area contributed by atoms with Crippen LogP contribution in [0.5, 0.6) is 5.75 Å². The molecule has 112 valence electrons. The minimum atomic E-state index is -0.177. The van der Waals surface area contributed by atoms with Gasteiger partial charge in [-0.3, -0.25) is 4.79 Å². The molecule has 0 bridgehead atoms. The molecule has 6 nitrogen and oxygen atoms in total. The summed E-state index contributed by atoms with van der Waals surface area (Å²) in [6.45, 7) is 2.47. The first-order chi connectivity index (χ1) is 9.58. The quantitative estimate of drug-likeness (QED) is 0.504. The molecule has 0 atom stereocenters. The van der Waals surface area contributed by atoms with E-state index in [1.54, 1.807) is 24.3 Å². The predicted molar refractivity (Wildman–Crippen MR) is 78.7 cm³/mol. The Morgan fingerprint density at radius 2 is 2.15 bits per heavy atom. The Morgan fingerprint density at radius 3 is 2.85 bits per heavy atom. The summed E-state index contributed by atoms with van der Waals surface area (Å²) in [4.78, 5) is 13.6. The zero-order chi connectivity index (χ0) is 14.8. The molecule has 0 unspecified atom stereocenters. The van der Waals surface area contributed by atoms with E-state index in [1.165, 1.54) is 0 Å². The molecule has 0 fully saturated rings. The number of carbonyl (C=O) groups excluding carboxylic acids is 1. The van der Waals surface area contributed by atoms with Gasteiger partial charge < -0.3 is 25.4 Å². The van der Waals surface area contributed by atoms with Crippen molar-refractivity contribution in [3.05, 3.63) is 24.3 Å². The summed E-state index contributed by atoms with van der Waals surface area (Å²) in [6.07, 6.45) is 0. The van der Waals surface area contributed by atoms with Crippen LogP contribution >= 0.6 is 0 Å². The highest BCUT2D eigenvalue weighted by Gasteiger charge is 2.02. The van der Waals surface area contributed by atoms with Gasteiger partial charge in [0.2, 0.25) is 0 Å². The summed E-state index contributed by atoms with van der Waals surface area (Å²) in [5.74, 6) is 0.408. The summed E-state index contributed by atoms with van der Waals surface area (Å²) >= 11 is 0. The number of nitrogen functional groups attached to an aromatic ring is 1. The largest absolute Gasteiger partial charge is 0.484 e. The minimum absolute atomic E-state index is 0.0266. The van der Waals surface area contributed by atoms with Gasteiger partial charge in [-0.15, -0.1) is 0 Å². The van der Waals surface area contributed by atoms with Gasteiger partial charge in [0.25, 0.3) is 5.91 Å². The summed E-state index contributed by atoms with van der Waals surface area (Å²) in [5.41, 5.74) is 6.22. The molecule has 6 heteroatoms. The second kappa shape index (κ2) is 9.17. The Morgan fingerprint density at radius 1 is 1.35 bits per heavy atom. The lowest BCUT2D eigenvalue weighted by atomic mass is 10.3. The van der Waals surface area contributed by atoms with E-state index in [2.05, 4.69) is 5.32 Å². The average Bonchev–Trinajstić information content (AvgIpc) is 2.40. The molecule has 0 aliphatic heterocycles. The molecule has 0 saturated carbocycles. The van der Waals surface area contributed by atoms with Crippen molar-refractivity contribution in [2.75, 3.05) is 52.7 Å². The molecule has 1 amide bonds. The first-order valence-electron chi connectivity index (χ1n) is 6.55. The summed E-state index contributed by atoms with van der Waals surface area (Å²) in [5, 5.41) is 2.72. The fourth-order valence-corrected chi connectivity index (χ4v) is 1.42. The molecule has 20 heavy (non-hydrogen) atoms. The lowest BCUT2D eigenvalue weighted by molar-refractivity contribution is -0.123. The number of nitrogens with one attached hydrogen (secondary N) is 1. The van der Waals surface area contributed by atoms with Gasteiger partial charge in [0, 0.05) is 24.8 Å². The van der Waals surface area contributed by atoms with Gasteiger partial charge in [-0.25, -0.2) is 0 Å². The van der Waals surface area contributed by atoms with Crippen LogP contribution in [-0.4, -0.2) is 57.8 Å². The summed E-state index contributed by atoms with van der Waals surface area (Å²) < 4.78 is 10.7. The van der Waals surface area contributed by atoms with E-state index in [0.717, 1.165) is 6.54 Å². The van der Waals surface area contributed by atoms with Crippen LogP contribution in [0, 0.1) is 0 Å². The number of rotatable bonds is 9. The van der Waals surface area contributed by atoms with Crippen LogP contribution in [0.3, 0.4) is 0 Å². The molecule has 1 aromatic rings. The van der Waals surface area contributed by atoms with E-state index in [0.29, 0.717) is 31.2 Å². The second-order valence-electron chi connectivity index (χ2n) is 4.63. The first kappa shape index (κ1) is 16.3. The molecule has 1 aromatic carbocycles. The van der Waals surface area contributed by atoms with Crippen molar-refractivity contribution in [3.63, 3.8) is 0 Å². The van der Waals surface area contributed by atoms with Crippen molar-refractivity contribution in [2.45, 2.75) is 0 Å². The topological polar surface area (TPSA) is 76.8 Å². The fraction of sp³-hybridized carbons (Fsp3) is 0.500. The average molecular weight is 281 g/mol. The molecular formula is C14H23N3O3.